The maximum Gasteiger partial charge on any atom is 0.329 e. The molecule has 1 N–H and O–H groups in total. The Kier molecular flexibility index (Phi) is 5.39. The number of carbonyl (C=O) groups excluding carboxylic acids is 4. The molecule has 0 aromatic carbocycles. The van der Waals surface area contributed by atoms with Gasteiger partial charge < -0.3 is 14.5 Å². The molecule has 3 atom stereocenters. The summed E-state index contributed by atoms with van der Waals surface area (Å²) >= 11 is 0. The van der Waals surface area contributed by atoms with Gasteiger partial charge in [0.1, 0.15) is 11.8 Å². The molecule has 0 spiro atoms. The van der Waals surface area contributed by atoms with Crippen LogP contribution in [-0.2, 0) is 30.5 Å². The number of nitrogens with one attached hydrogen (secondary N) is 1. The second kappa shape index (κ2) is 7.72. The highest BCUT2D eigenvalue weighted by atomic mass is 16.5. The van der Waals surface area contributed by atoms with Crippen LogP contribution in [0.15, 0.2) is 22.8 Å². The van der Waals surface area contributed by atoms with E-state index in [1.165, 1.54) is 13.2 Å². The smallest absolute Gasteiger partial charge is 0.329 e. The summed E-state index contributed by atoms with van der Waals surface area (Å²) in [5.41, 5.74) is 0. The Labute approximate surface area is 150 Å². The molecule has 1 saturated heterocycles. The van der Waals surface area contributed by atoms with Crippen LogP contribution < -0.4 is 5.32 Å². The molecule has 8 nitrogen and oxygen atoms in total. The number of imide groups is 1. The van der Waals surface area contributed by atoms with E-state index in [2.05, 4.69) is 5.32 Å². The van der Waals surface area contributed by atoms with Crippen molar-refractivity contribution in [2.24, 2.45) is 11.8 Å². The van der Waals surface area contributed by atoms with E-state index in [4.69, 9.17) is 9.15 Å². The molecule has 1 aromatic rings. The van der Waals surface area contributed by atoms with E-state index in [1.54, 1.807) is 12.1 Å². The molecule has 0 radical (unpaired) electrons. The monoisotopic (exact) mass is 362 g/mol. The summed E-state index contributed by atoms with van der Waals surface area (Å²) in [6.45, 7) is 1.16. The van der Waals surface area contributed by atoms with Crippen LogP contribution in [0.2, 0.25) is 0 Å². The number of furan rings is 1. The molecule has 26 heavy (non-hydrogen) atoms. The second-order valence-corrected chi connectivity index (χ2v) is 6.68. The van der Waals surface area contributed by atoms with E-state index in [1.807, 2.05) is 0 Å². The molecule has 1 aromatic heterocycles. The zero-order valence-corrected chi connectivity index (χ0v) is 14.6. The average Bonchev–Trinajstić information content (AvgIpc) is 3.25. The first-order valence-electron chi connectivity index (χ1n) is 8.81. The molecular formula is C18H22N2O6. The van der Waals surface area contributed by atoms with Gasteiger partial charge in [-0.3, -0.25) is 19.3 Å². The number of carbonyl (C=O) groups is 4. The van der Waals surface area contributed by atoms with Gasteiger partial charge in [0.15, 0.2) is 6.61 Å². The number of likely N-dealkylation sites (tertiary alicyclic amines) is 1. The van der Waals surface area contributed by atoms with Crippen LogP contribution in [-0.4, -0.2) is 41.2 Å². The van der Waals surface area contributed by atoms with Crippen molar-refractivity contribution in [2.45, 2.75) is 45.2 Å². The molecule has 140 valence electrons. The molecule has 0 bridgehead atoms. The Morgan fingerprint density at radius 3 is 2.50 bits per heavy atom. The van der Waals surface area contributed by atoms with Crippen molar-refractivity contribution >= 4 is 23.7 Å². The Balaban J connectivity index is 1.50. The largest absolute Gasteiger partial charge is 0.467 e. The minimum Gasteiger partial charge on any atom is -0.467 e. The van der Waals surface area contributed by atoms with Crippen molar-refractivity contribution in [3.63, 3.8) is 0 Å². The van der Waals surface area contributed by atoms with Crippen molar-refractivity contribution in [3.05, 3.63) is 24.2 Å². The minimum atomic E-state index is -1.03. The van der Waals surface area contributed by atoms with E-state index in [0.29, 0.717) is 18.6 Å². The average molecular weight is 362 g/mol. The fourth-order valence-corrected chi connectivity index (χ4v) is 3.58. The lowest BCUT2D eigenvalue weighted by molar-refractivity contribution is -0.159. The fourth-order valence-electron chi connectivity index (χ4n) is 3.58. The van der Waals surface area contributed by atoms with Gasteiger partial charge in [-0.05, 0) is 31.9 Å². The Morgan fingerprint density at radius 2 is 1.92 bits per heavy atom. The van der Waals surface area contributed by atoms with Crippen LogP contribution >= 0.6 is 0 Å². The third kappa shape index (κ3) is 3.63. The summed E-state index contributed by atoms with van der Waals surface area (Å²) in [7, 11) is 0. The second-order valence-electron chi connectivity index (χ2n) is 6.68. The maximum absolute atomic E-state index is 12.5. The molecule has 8 heteroatoms. The summed E-state index contributed by atoms with van der Waals surface area (Å²) in [6.07, 6.45) is 4.70. The summed E-state index contributed by atoms with van der Waals surface area (Å²) in [6, 6.07) is 2.38. The molecule has 2 aliphatic rings. The van der Waals surface area contributed by atoms with E-state index < -0.39 is 24.5 Å². The number of esters is 1. The van der Waals surface area contributed by atoms with Crippen LogP contribution in [0.1, 0.15) is 38.4 Å². The van der Waals surface area contributed by atoms with Crippen molar-refractivity contribution < 1.29 is 28.3 Å². The van der Waals surface area contributed by atoms with E-state index in [-0.39, 0.29) is 30.2 Å². The summed E-state index contributed by atoms with van der Waals surface area (Å²) in [4.78, 5) is 49.9. The highest BCUT2D eigenvalue weighted by Gasteiger charge is 2.51. The quantitative estimate of drug-likeness (QED) is 0.598. The summed E-state index contributed by atoms with van der Waals surface area (Å²) in [5, 5.41) is 2.55. The van der Waals surface area contributed by atoms with Gasteiger partial charge in [-0.15, -0.1) is 0 Å². The highest BCUT2D eigenvalue weighted by molar-refractivity contribution is 6.07. The van der Waals surface area contributed by atoms with Gasteiger partial charge in [-0.1, -0.05) is 12.8 Å². The van der Waals surface area contributed by atoms with Crippen molar-refractivity contribution in [1.29, 1.82) is 0 Å². The first-order valence-corrected chi connectivity index (χ1v) is 8.81. The highest BCUT2D eigenvalue weighted by Crippen LogP contribution is 2.38. The molecule has 2 fully saturated rings. The van der Waals surface area contributed by atoms with Gasteiger partial charge in [0.25, 0.3) is 5.91 Å². The van der Waals surface area contributed by atoms with Crippen LogP contribution in [0.5, 0.6) is 0 Å². The summed E-state index contributed by atoms with van der Waals surface area (Å²) < 4.78 is 10.1. The van der Waals surface area contributed by atoms with Gasteiger partial charge in [0.05, 0.1) is 24.6 Å². The van der Waals surface area contributed by atoms with Crippen molar-refractivity contribution in [1.82, 2.24) is 10.2 Å². The number of amides is 3. The Hall–Kier alpha value is -2.64. The predicted molar refractivity (Wildman–Crippen MR) is 88.3 cm³/mol. The molecule has 1 saturated carbocycles. The lowest BCUT2D eigenvalue weighted by Gasteiger charge is -2.21. The van der Waals surface area contributed by atoms with Gasteiger partial charge in [-0.2, -0.15) is 0 Å². The SMILES string of the molecule is CC(C(=O)OCC(=O)NCc1ccco1)N1C(=O)C2CCCCC2C1=O. The van der Waals surface area contributed by atoms with Gasteiger partial charge in [0.2, 0.25) is 11.8 Å². The third-order valence-corrected chi connectivity index (χ3v) is 4.99. The van der Waals surface area contributed by atoms with Crippen LogP contribution in [0, 0.1) is 11.8 Å². The number of ether oxygens (including phenoxy) is 1. The topological polar surface area (TPSA) is 106 Å². The zero-order valence-electron chi connectivity index (χ0n) is 14.6. The molecule has 2 heterocycles. The van der Waals surface area contributed by atoms with Crippen LogP contribution in [0.25, 0.3) is 0 Å². The van der Waals surface area contributed by atoms with E-state index in [9.17, 15) is 19.2 Å². The minimum absolute atomic E-state index is 0.186. The number of hydrogen-bond donors (Lipinski definition) is 1. The van der Waals surface area contributed by atoms with E-state index >= 15 is 0 Å². The lowest BCUT2D eigenvalue weighted by atomic mass is 9.81. The first kappa shape index (κ1) is 18.2. The molecular weight excluding hydrogens is 340 g/mol. The third-order valence-electron chi connectivity index (χ3n) is 4.99. The number of hydrogen-bond acceptors (Lipinski definition) is 6. The van der Waals surface area contributed by atoms with Crippen molar-refractivity contribution in [3.8, 4) is 0 Å². The molecule has 3 rings (SSSR count). The van der Waals surface area contributed by atoms with Gasteiger partial charge >= 0.3 is 5.97 Å². The van der Waals surface area contributed by atoms with Crippen LogP contribution in [0.4, 0.5) is 0 Å². The lowest BCUT2D eigenvalue weighted by Crippen LogP contribution is -2.45. The van der Waals surface area contributed by atoms with E-state index in [0.717, 1.165) is 17.7 Å². The van der Waals surface area contributed by atoms with Crippen molar-refractivity contribution in [2.75, 3.05) is 6.61 Å². The Morgan fingerprint density at radius 1 is 1.27 bits per heavy atom. The van der Waals surface area contributed by atoms with Crippen LogP contribution in [0.3, 0.4) is 0 Å². The predicted octanol–water partition coefficient (Wildman–Crippen LogP) is 1.00. The maximum atomic E-state index is 12.5. The zero-order chi connectivity index (χ0) is 18.7. The van der Waals surface area contributed by atoms with Gasteiger partial charge in [0, 0.05) is 0 Å². The van der Waals surface area contributed by atoms with Gasteiger partial charge in [-0.25, -0.2) is 4.79 Å². The number of nitrogens with zero attached hydrogens (tertiary/aromatic N) is 1. The first-order chi connectivity index (χ1) is 12.5. The molecule has 3 unspecified atom stereocenters. The normalized spacial score (nSPS) is 23.5. The Bertz CT molecular complexity index is 675. The standard InChI is InChI=1S/C18H22N2O6/c1-11(20-16(22)13-6-2-3-7-14(13)17(20)23)18(24)26-10-15(21)19-9-12-5-4-8-25-12/h4-5,8,11,13-14H,2-3,6-7,9-10H2,1H3,(H,19,21). The number of rotatable bonds is 6. The molecule has 3 amide bonds. The summed E-state index contributed by atoms with van der Waals surface area (Å²) in [5.74, 6) is -1.91. The molecule has 1 aliphatic heterocycles. The molecule has 1 aliphatic carbocycles. The number of fused-ring (bicyclic) bond motifs is 1. The fraction of sp³-hybridized carbons (Fsp3) is 0.556.